The lowest BCUT2D eigenvalue weighted by Gasteiger charge is -2.04. The van der Waals surface area contributed by atoms with Crippen LogP contribution in [0.25, 0.3) is 0 Å². The van der Waals surface area contributed by atoms with E-state index in [0.29, 0.717) is 0 Å². The summed E-state index contributed by atoms with van der Waals surface area (Å²) in [5, 5.41) is 7.95. The molecule has 0 amide bonds. The Morgan fingerprint density at radius 3 is 2.67 bits per heavy atom. The number of aliphatic carboxylic acids is 1. The second kappa shape index (κ2) is 4.39. The summed E-state index contributed by atoms with van der Waals surface area (Å²) in [4.78, 5) is 23.9. The van der Waals surface area contributed by atoms with Gasteiger partial charge in [0.25, 0.3) is 6.43 Å². The highest BCUT2D eigenvalue weighted by molar-refractivity contribution is 6.30. The number of hydrogen-bond donors (Lipinski definition) is 2. The Balaban J connectivity index is 3.29. The molecule has 0 spiro atoms. The molecule has 82 valence electrons. The number of nitrogens with one attached hydrogen (secondary N) is 1. The second-order valence-corrected chi connectivity index (χ2v) is 3.12. The number of hydrogen-bond acceptors (Lipinski definition) is 2. The molecule has 15 heavy (non-hydrogen) atoms. The van der Waals surface area contributed by atoms with E-state index in [9.17, 15) is 18.4 Å². The van der Waals surface area contributed by atoms with Crippen LogP contribution in [0.1, 0.15) is 17.6 Å². The SMILES string of the molecule is O=C(O)Cc1c[nH]c(Cl)c(C(F)F)c1=O. The summed E-state index contributed by atoms with van der Waals surface area (Å²) in [7, 11) is 0. The summed E-state index contributed by atoms with van der Waals surface area (Å²) in [5.41, 5.74) is -2.17. The molecule has 1 rings (SSSR count). The Morgan fingerprint density at radius 2 is 2.20 bits per heavy atom. The lowest BCUT2D eigenvalue weighted by Crippen LogP contribution is -2.19. The molecular formula is C8H6ClF2NO3. The van der Waals surface area contributed by atoms with Gasteiger partial charge in [0.1, 0.15) is 10.7 Å². The minimum Gasteiger partial charge on any atom is -0.481 e. The fourth-order valence-electron chi connectivity index (χ4n) is 1.06. The fourth-order valence-corrected chi connectivity index (χ4v) is 1.28. The van der Waals surface area contributed by atoms with Crippen LogP contribution >= 0.6 is 11.6 Å². The molecule has 2 N–H and O–H groups in total. The molecule has 0 atom stereocenters. The van der Waals surface area contributed by atoms with Crippen LogP contribution in [0.2, 0.25) is 5.15 Å². The van der Waals surface area contributed by atoms with E-state index in [4.69, 9.17) is 16.7 Å². The number of aromatic amines is 1. The molecule has 0 saturated carbocycles. The van der Waals surface area contributed by atoms with Gasteiger partial charge in [0.15, 0.2) is 5.43 Å². The summed E-state index contributed by atoms with van der Waals surface area (Å²) in [6, 6.07) is 0. The smallest absolute Gasteiger partial charge is 0.308 e. The van der Waals surface area contributed by atoms with E-state index in [1.165, 1.54) is 0 Å². The maximum atomic E-state index is 12.4. The minimum atomic E-state index is -3.03. The maximum absolute atomic E-state index is 12.4. The highest BCUT2D eigenvalue weighted by Gasteiger charge is 2.19. The third-order valence-electron chi connectivity index (χ3n) is 1.71. The minimum absolute atomic E-state index is 0.248. The molecule has 0 fully saturated rings. The number of carbonyl (C=O) groups is 1. The monoisotopic (exact) mass is 237 g/mol. The van der Waals surface area contributed by atoms with Gasteiger partial charge in [0.2, 0.25) is 0 Å². The van der Waals surface area contributed by atoms with Gasteiger partial charge in [0, 0.05) is 11.8 Å². The van der Waals surface area contributed by atoms with Crippen molar-refractivity contribution in [1.82, 2.24) is 4.98 Å². The highest BCUT2D eigenvalue weighted by Crippen LogP contribution is 2.21. The van der Waals surface area contributed by atoms with Crippen molar-refractivity contribution in [2.45, 2.75) is 12.8 Å². The molecule has 0 aliphatic heterocycles. The van der Waals surface area contributed by atoms with Gasteiger partial charge >= 0.3 is 5.97 Å². The number of rotatable bonds is 3. The van der Waals surface area contributed by atoms with Crippen molar-refractivity contribution in [2.75, 3.05) is 0 Å². The van der Waals surface area contributed by atoms with E-state index < -0.39 is 35.0 Å². The lowest BCUT2D eigenvalue weighted by atomic mass is 10.1. The summed E-state index contributed by atoms with van der Waals surface area (Å²) in [5.74, 6) is -1.27. The van der Waals surface area contributed by atoms with E-state index in [2.05, 4.69) is 4.98 Å². The molecule has 0 radical (unpaired) electrons. The Labute approximate surface area is 87.5 Å². The topological polar surface area (TPSA) is 70.2 Å². The van der Waals surface area contributed by atoms with Crippen LogP contribution < -0.4 is 5.43 Å². The van der Waals surface area contributed by atoms with Crippen molar-refractivity contribution < 1.29 is 18.7 Å². The molecule has 7 heteroatoms. The Morgan fingerprint density at radius 1 is 1.60 bits per heavy atom. The van der Waals surface area contributed by atoms with Crippen LogP contribution in [-0.4, -0.2) is 16.1 Å². The summed E-state index contributed by atoms with van der Waals surface area (Å²) >= 11 is 5.35. The third kappa shape index (κ3) is 2.53. The second-order valence-electron chi connectivity index (χ2n) is 2.74. The van der Waals surface area contributed by atoms with Gasteiger partial charge in [-0.2, -0.15) is 0 Å². The normalized spacial score (nSPS) is 10.7. The Kier molecular flexibility index (Phi) is 3.41. The average Bonchev–Trinajstić information content (AvgIpc) is 2.09. The van der Waals surface area contributed by atoms with Gasteiger partial charge in [-0.3, -0.25) is 9.59 Å². The van der Waals surface area contributed by atoms with Crippen molar-refractivity contribution in [3.63, 3.8) is 0 Å². The van der Waals surface area contributed by atoms with Gasteiger partial charge in [-0.25, -0.2) is 8.78 Å². The molecule has 4 nitrogen and oxygen atoms in total. The maximum Gasteiger partial charge on any atom is 0.308 e. The van der Waals surface area contributed by atoms with E-state index >= 15 is 0 Å². The molecule has 0 bridgehead atoms. The zero-order valence-corrected chi connectivity index (χ0v) is 8.02. The van der Waals surface area contributed by atoms with E-state index in [1.807, 2.05) is 0 Å². The van der Waals surface area contributed by atoms with Gasteiger partial charge < -0.3 is 10.1 Å². The van der Waals surface area contributed by atoms with Gasteiger partial charge in [-0.15, -0.1) is 0 Å². The van der Waals surface area contributed by atoms with Crippen LogP contribution in [-0.2, 0) is 11.2 Å². The fraction of sp³-hybridized carbons (Fsp3) is 0.250. The van der Waals surface area contributed by atoms with Crippen LogP contribution in [0.3, 0.4) is 0 Å². The predicted octanol–water partition coefficient (Wildman–Crippen LogP) is 1.59. The number of alkyl halides is 2. The van der Waals surface area contributed by atoms with Crippen molar-refractivity contribution in [3.05, 3.63) is 32.7 Å². The van der Waals surface area contributed by atoms with Crippen molar-refractivity contribution in [2.24, 2.45) is 0 Å². The molecule has 0 unspecified atom stereocenters. The zero-order valence-electron chi connectivity index (χ0n) is 7.26. The van der Waals surface area contributed by atoms with Crippen molar-refractivity contribution >= 4 is 17.6 Å². The summed E-state index contributed by atoms with van der Waals surface area (Å²) < 4.78 is 24.7. The summed E-state index contributed by atoms with van der Waals surface area (Å²) in [6.45, 7) is 0. The Bertz CT molecular complexity index is 444. The number of aromatic nitrogens is 1. The van der Waals surface area contributed by atoms with Crippen molar-refractivity contribution in [1.29, 1.82) is 0 Å². The number of carboxylic acid groups (broad SMARTS) is 1. The molecule has 0 aromatic carbocycles. The highest BCUT2D eigenvalue weighted by atomic mass is 35.5. The molecule has 0 aliphatic rings. The van der Waals surface area contributed by atoms with Crippen molar-refractivity contribution in [3.8, 4) is 0 Å². The van der Waals surface area contributed by atoms with Gasteiger partial charge in [-0.05, 0) is 0 Å². The average molecular weight is 238 g/mol. The first-order valence-corrected chi connectivity index (χ1v) is 4.21. The number of pyridine rings is 1. The number of H-pyrrole nitrogens is 1. The Hall–Kier alpha value is -1.43. The molecule has 1 aromatic heterocycles. The van der Waals surface area contributed by atoms with Crippen LogP contribution in [0.5, 0.6) is 0 Å². The molecule has 0 aliphatic carbocycles. The van der Waals surface area contributed by atoms with E-state index in [-0.39, 0.29) is 5.56 Å². The van der Waals surface area contributed by atoms with E-state index in [0.717, 1.165) is 6.20 Å². The number of halogens is 3. The molecule has 0 saturated heterocycles. The third-order valence-corrected chi connectivity index (χ3v) is 2.02. The van der Waals surface area contributed by atoms with E-state index in [1.54, 1.807) is 0 Å². The van der Waals surface area contributed by atoms with Crippen LogP contribution in [0.4, 0.5) is 8.78 Å². The van der Waals surface area contributed by atoms with Gasteiger partial charge in [0.05, 0.1) is 6.42 Å². The lowest BCUT2D eigenvalue weighted by molar-refractivity contribution is -0.136. The largest absolute Gasteiger partial charge is 0.481 e. The number of carboxylic acids is 1. The standard InChI is InChI=1S/C8H6ClF2NO3/c9-7-5(8(10)11)6(15)3(2-12-7)1-4(13)14/h2,8H,1H2,(H,12,15)(H,13,14). The van der Waals surface area contributed by atoms with Crippen LogP contribution in [0, 0.1) is 0 Å². The summed E-state index contributed by atoms with van der Waals surface area (Å²) in [6.07, 6.45) is -2.63. The zero-order chi connectivity index (χ0) is 11.6. The first-order valence-electron chi connectivity index (χ1n) is 3.83. The van der Waals surface area contributed by atoms with Crippen LogP contribution in [0.15, 0.2) is 11.0 Å². The first-order chi connectivity index (χ1) is 6.93. The molecule has 1 heterocycles. The molecular weight excluding hydrogens is 232 g/mol. The van der Waals surface area contributed by atoms with Gasteiger partial charge in [-0.1, -0.05) is 11.6 Å². The molecule has 1 aromatic rings. The first kappa shape index (κ1) is 11.6. The quantitative estimate of drug-likeness (QED) is 0.785. The predicted molar refractivity (Wildman–Crippen MR) is 48.4 cm³/mol.